The molecular weight excluding hydrogens is 320 g/mol. The summed E-state index contributed by atoms with van der Waals surface area (Å²) in [5.74, 6) is 0.536. The van der Waals surface area contributed by atoms with Crippen LogP contribution >= 0.6 is 0 Å². The summed E-state index contributed by atoms with van der Waals surface area (Å²) in [5.41, 5.74) is 4.59. The molecule has 0 fully saturated rings. The fraction of sp³-hybridized carbons (Fsp3) is 0.222. The highest BCUT2D eigenvalue weighted by Crippen LogP contribution is 2.28. The molecular formula is C18H22N4O3. The molecule has 0 aliphatic rings. The number of para-hydroxylation sites is 1. The highest BCUT2D eigenvalue weighted by Gasteiger charge is 2.07. The van der Waals surface area contributed by atoms with E-state index in [4.69, 9.17) is 15.1 Å². The average molecular weight is 342 g/mol. The Labute approximate surface area is 146 Å². The van der Waals surface area contributed by atoms with Gasteiger partial charge in [-0.1, -0.05) is 18.2 Å². The van der Waals surface area contributed by atoms with Crippen LogP contribution in [0.5, 0.6) is 5.88 Å². The van der Waals surface area contributed by atoms with Gasteiger partial charge in [-0.05, 0) is 31.2 Å². The number of aliphatic hydroxyl groups excluding tert-OH is 1. The minimum Gasteiger partial charge on any atom is -0.479 e. The van der Waals surface area contributed by atoms with Crippen molar-refractivity contribution in [2.45, 2.75) is 13.0 Å². The minimum atomic E-state index is -0.463. The molecule has 25 heavy (non-hydrogen) atoms. The first-order valence-electron chi connectivity index (χ1n) is 7.80. The number of pyridine rings is 2. The Hall–Kier alpha value is -2.74. The van der Waals surface area contributed by atoms with Crippen molar-refractivity contribution in [3.63, 3.8) is 0 Å². The summed E-state index contributed by atoms with van der Waals surface area (Å²) in [4.78, 5) is 8.49. The van der Waals surface area contributed by atoms with Crippen molar-refractivity contribution < 1.29 is 15.1 Å². The van der Waals surface area contributed by atoms with Crippen LogP contribution in [0.2, 0.25) is 0 Å². The highest BCUT2D eigenvalue weighted by atomic mass is 16.5. The van der Waals surface area contributed by atoms with Crippen LogP contribution in [0.15, 0.2) is 54.9 Å². The lowest BCUT2D eigenvalue weighted by atomic mass is 10.2. The smallest absolute Gasteiger partial charge is 0.240 e. The van der Waals surface area contributed by atoms with Crippen molar-refractivity contribution in [1.82, 2.24) is 15.4 Å². The van der Waals surface area contributed by atoms with Crippen LogP contribution in [-0.4, -0.2) is 40.0 Å². The van der Waals surface area contributed by atoms with E-state index in [1.165, 1.54) is 0 Å². The van der Waals surface area contributed by atoms with Gasteiger partial charge in [-0.15, -0.1) is 0 Å². The fourth-order valence-corrected chi connectivity index (χ4v) is 2.12. The third-order valence-corrected chi connectivity index (χ3v) is 3.26. The Morgan fingerprint density at radius 3 is 2.40 bits per heavy atom. The van der Waals surface area contributed by atoms with Crippen LogP contribution in [0.1, 0.15) is 6.92 Å². The Kier molecular flexibility index (Phi) is 7.09. The largest absolute Gasteiger partial charge is 0.479 e. The number of nitrogens with one attached hydrogen (secondary N) is 2. The molecule has 7 nitrogen and oxygen atoms in total. The van der Waals surface area contributed by atoms with Gasteiger partial charge in [0.2, 0.25) is 5.88 Å². The van der Waals surface area contributed by atoms with E-state index in [1.807, 2.05) is 47.9 Å². The Bertz CT molecular complexity index is 782. The fourth-order valence-electron chi connectivity index (χ4n) is 2.12. The molecule has 7 heteroatoms. The Balaban J connectivity index is 0.000000326. The van der Waals surface area contributed by atoms with Crippen LogP contribution in [0.4, 0.5) is 11.4 Å². The molecule has 1 unspecified atom stereocenters. The van der Waals surface area contributed by atoms with Crippen LogP contribution in [0.25, 0.3) is 10.9 Å². The van der Waals surface area contributed by atoms with Crippen LogP contribution in [-0.2, 0) is 0 Å². The van der Waals surface area contributed by atoms with Gasteiger partial charge in [-0.3, -0.25) is 4.98 Å². The highest BCUT2D eigenvalue weighted by molar-refractivity contribution is 5.95. The number of benzene rings is 1. The minimum absolute atomic E-state index is 0.236. The number of hydrogen-bond donors (Lipinski definition) is 4. The lowest BCUT2D eigenvalue weighted by molar-refractivity contribution is 0.102. The number of hydrogen-bond acceptors (Lipinski definition) is 7. The summed E-state index contributed by atoms with van der Waals surface area (Å²) in [6.45, 7) is 1.82. The number of nitrogens with zero attached hydrogens (tertiary/aromatic N) is 2. The average Bonchev–Trinajstić information content (AvgIpc) is 2.63. The van der Waals surface area contributed by atoms with Gasteiger partial charge in [0, 0.05) is 35.7 Å². The van der Waals surface area contributed by atoms with Crippen molar-refractivity contribution in [2.24, 2.45) is 0 Å². The summed E-state index contributed by atoms with van der Waals surface area (Å²) >= 11 is 0. The van der Waals surface area contributed by atoms with Crippen molar-refractivity contribution >= 4 is 22.3 Å². The summed E-state index contributed by atoms with van der Waals surface area (Å²) in [7, 11) is 1.60. The normalized spacial score (nSPS) is 11.4. The molecule has 1 aromatic carbocycles. The maximum Gasteiger partial charge on any atom is 0.240 e. The number of rotatable bonds is 5. The number of fused-ring (bicyclic) bond motifs is 1. The molecule has 2 aromatic heterocycles. The third-order valence-electron chi connectivity index (χ3n) is 3.26. The zero-order valence-corrected chi connectivity index (χ0v) is 14.2. The van der Waals surface area contributed by atoms with Gasteiger partial charge in [-0.2, -0.15) is 0 Å². The second kappa shape index (κ2) is 9.53. The quantitative estimate of drug-likeness (QED) is 0.529. The Morgan fingerprint density at radius 2 is 1.80 bits per heavy atom. The van der Waals surface area contributed by atoms with E-state index in [-0.39, 0.29) is 6.54 Å². The number of methoxy groups -OCH3 is 1. The number of aromatic nitrogens is 2. The van der Waals surface area contributed by atoms with Crippen molar-refractivity contribution in [3.8, 4) is 5.88 Å². The van der Waals surface area contributed by atoms with Gasteiger partial charge in [0.1, 0.15) is 5.52 Å². The molecule has 0 aliphatic heterocycles. The first kappa shape index (κ1) is 18.6. The van der Waals surface area contributed by atoms with E-state index in [0.717, 1.165) is 22.3 Å². The monoisotopic (exact) mass is 342 g/mol. The van der Waals surface area contributed by atoms with Gasteiger partial charge in [-0.25, -0.2) is 10.5 Å². The van der Waals surface area contributed by atoms with E-state index >= 15 is 0 Å². The summed E-state index contributed by atoms with van der Waals surface area (Å²) in [6, 6.07) is 13.9. The molecule has 4 N–H and O–H groups in total. The lowest BCUT2D eigenvalue weighted by Crippen LogP contribution is -2.20. The molecule has 0 aliphatic carbocycles. The van der Waals surface area contributed by atoms with Gasteiger partial charge >= 0.3 is 0 Å². The number of hydroxylamine groups is 1. The molecule has 0 bridgehead atoms. The van der Waals surface area contributed by atoms with Gasteiger partial charge in [0.15, 0.2) is 0 Å². The number of aliphatic hydroxyl groups is 1. The van der Waals surface area contributed by atoms with Gasteiger partial charge in [0.05, 0.1) is 13.2 Å². The molecule has 0 amide bonds. The molecule has 0 radical (unpaired) electrons. The summed E-state index contributed by atoms with van der Waals surface area (Å²) in [5, 5.41) is 20.5. The van der Waals surface area contributed by atoms with Crippen LogP contribution in [0, 0.1) is 0 Å². The maximum atomic E-state index is 8.33. The van der Waals surface area contributed by atoms with E-state index in [9.17, 15) is 0 Å². The molecule has 1 atom stereocenters. The van der Waals surface area contributed by atoms with Crippen molar-refractivity contribution in [2.75, 3.05) is 19.0 Å². The van der Waals surface area contributed by atoms with E-state index < -0.39 is 6.10 Å². The second-order valence-corrected chi connectivity index (χ2v) is 5.28. The SMILES string of the molecule is CC(O)CNO.COc1nccc2c(Nc3ccccc3)ccnc12. The zero-order chi connectivity index (χ0) is 18.1. The lowest BCUT2D eigenvalue weighted by Gasteiger charge is -2.10. The standard InChI is InChI=1S/C15H13N3O.C3H9NO2/c1-19-15-14-12(7-9-17-15)13(8-10-16-14)18-11-5-3-2-4-6-11;1-3(5)2-4-6/h2-10H,1H3,(H,16,18);3-6H,2H2,1H3. The van der Waals surface area contributed by atoms with Crippen LogP contribution in [0.3, 0.4) is 0 Å². The van der Waals surface area contributed by atoms with Crippen LogP contribution < -0.4 is 15.5 Å². The molecule has 0 saturated carbocycles. The second-order valence-electron chi connectivity index (χ2n) is 5.28. The predicted molar refractivity (Wildman–Crippen MR) is 97.3 cm³/mol. The summed E-state index contributed by atoms with van der Waals surface area (Å²) in [6.07, 6.45) is 3.01. The molecule has 0 saturated heterocycles. The number of ether oxygens (including phenoxy) is 1. The van der Waals surface area contributed by atoms with E-state index in [1.54, 1.807) is 26.4 Å². The molecule has 3 aromatic rings. The number of anilines is 2. The van der Waals surface area contributed by atoms with Crippen molar-refractivity contribution in [1.29, 1.82) is 0 Å². The van der Waals surface area contributed by atoms with E-state index in [2.05, 4.69) is 15.3 Å². The first-order valence-corrected chi connectivity index (χ1v) is 7.80. The van der Waals surface area contributed by atoms with Crippen molar-refractivity contribution in [3.05, 3.63) is 54.9 Å². The topological polar surface area (TPSA) is 99.5 Å². The Morgan fingerprint density at radius 1 is 1.08 bits per heavy atom. The predicted octanol–water partition coefficient (Wildman–Crippen LogP) is 2.73. The zero-order valence-electron chi connectivity index (χ0n) is 14.2. The molecule has 132 valence electrons. The summed E-state index contributed by atoms with van der Waals surface area (Å²) < 4.78 is 5.23. The first-order chi connectivity index (χ1) is 12.2. The molecule has 3 rings (SSSR count). The van der Waals surface area contributed by atoms with Gasteiger partial charge < -0.3 is 20.4 Å². The maximum absolute atomic E-state index is 8.33. The van der Waals surface area contributed by atoms with E-state index in [0.29, 0.717) is 5.88 Å². The third kappa shape index (κ3) is 5.39. The molecule has 0 spiro atoms. The molecule has 2 heterocycles. The van der Waals surface area contributed by atoms with Gasteiger partial charge in [0.25, 0.3) is 0 Å².